The summed E-state index contributed by atoms with van der Waals surface area (Å²) in [6.07, 6.45) is -3.27. The van der Waals surface area contributed by atoms with Crippen LogP contribution in [0.25, 0.3) is 11.3 Å². The Morgan fingerprint density at radius 2 is 1.78 bits per heavy atom. The number of hydrogen-bond acceptors (Lipinski definition) is 3. The van der Waals surface area contributed by atoms with E-state index < -0.39 is 11.7 Å². The van der Waals surface area contributed by atoms with Crippen LogP contribution in [0.5, 0.6) is 0 Å². The molecule has 0 atom stereocenters. The molecule has 0 fully saturated rings. The minimum absolute atomic E-state index is 0.0790. The van der Waals surface area contributed by atoms with Crippen molar-refractivity contribution in [2.75, 3.05) is 11.4 Å². The van der Waals surface area contributed by atoms with Crippen molar-refractivity contribution in [1.29, 1.82) is 0 Å². The Labute approximate surface area is 154 Å². The fourth-order valence-corrected chi connectivity index (χ4v) is 3.46. The number of fused-ring (bicyclic) bond motifs is 1. The van der Waals surface area contributed by atoms with Crippen LogP contribution in [0.3, 0.4) is 0 Å². The number of hydrogen-bond donors (Lipinski definition) is 0. The number of alkyl halides is 3. The molecule has 0 radical (unpaired) electrons. The Morgan fingerprint density at radius 3 is 2.48 bits per heavy atom. The van der Waals surface area contributed by atoms with Crippen molar-refractivity contribution in [2.24, 2.45) is 0 Å². The predicted octanol–water partition coefficient (Wildman–Crippen LogP) is 5.34. The fourth-order valence-electron chi connectivity index (χ4n) is 3.46. The summed E-state index contributed by atoms with van der Waals surface area (Å²) in [5.74, 6) is 0.313. The van der Waals surface area contributed by atoms with E-state index in [1.165, 1.54) is 23.8 Å². The van der Waals surface area contributed by atoms with Gasteiger partial charge in [0, 0.05) is 24.3 Å². The van der Waals surface area contributed by atoms with E-state index in [4.69, 9.17) is 4.42 Å². The second-order valence-electron chi connectivity index (χ2n) is 6.49. The molecule has 0 saturated heterocycles. The molecule has 0 amide bonds. The highest BCUT2D eigenvalue weighted by Crippen LogP contribution is 2.40. The number of nitrogens with zero attached hydrogens (tertiary/aromatic N) is 1. The SMILES string of the molecule is O=Cc1ccc(-c2ccc(N3CCc4ccccc4C3)c(C(F)(F)F)c2)o1. The van der Waals surface area contributed by atoms with Gasteiger partial charge in [0.15, 0.2) is 12.0 Å². The van der Waals surface area contributed by atoms with Crippen molar-refractivity contribution in [1.82, 2.24) is 0 Å². The molecule has 0 spiro atoms. The molecule has 0 bridgehead atoms. The van der Waals surface area contributed by atoms with Crippen LogP contribution in [0.1, 0.15) is 27.2 Å². The van der Waals surface area contributed by atoms with E-state index in [9.17, 15) is 18.0 Å². The summed E-state index contributed by atoms with van der Waals surface area (Å²) in [4.78, 5) is 12.5. The summed E-state index contributed by atoms with van der Waals surface area (Å²) in [6.45, 7) is 0.962. The monoisotopic (exact) mass is 371 g/mol. The van der Waals surface area contributed by atoms with E-state index >= 15 is 0 Å². The first kappa shape index (κ1) is 17.4. The summed E-state index contributed by atoms with van der Waals surface area (Å²) < 4.78 is 46.5. The zero-order valence-corrected chi connectivity index (χ0v) is 14.3. The minimum atomic E-state index is -4.50. The summed E-state index contributed by atoms with van der Waals surface area (Å²) >= 11 is 0. The molecule has 6 heteroatoms. The number of halogens is 3. The molecule has 2 aromatic carbocycles. The molecular formula is C21H16F3NO2. The maximum Gasteiger partial charge on any atom is 0.418 e. The third kappa shape index (κ3) is 3.35. The largest absolute Gasteiger partial charge is 0.453 e. The highest BCUT2D eigenvalue weighted by atomic mass is 19.4. The summed E-state index contributed by atoms with van der Waals surface area (Å²) in [6, 6.07) is 14.9. The lowest BCUT2D eigenvalue weighted by Crippen LogP contribution is -2.32. The van der Waals surface area contributed by atoms with Crippen molar-refractivity contribution in [3.05, 3.63) is 77.0 Å². The molecule has 1 aliphatic heterocycles. The first-order valence-electron chi connectivity index (χ1n) is 8.54. The van der Waals surface area contributed by atoms with Crippen LogP contribution in [0.2, 0.25) is 0 Å². The molecule has 1 aliphatic rings. The fraction of sp³-hybridized carbons (Fsp3) is 0.190. The Hall–Kier alpha value is -3.02. The van der Waals surface area contributed by atoms with Crippen LogP contribution in [-0.2, 0) is 19.1 Å². The maximum absolute atomic E-state index is 13.8. The second kappa shape index (κ2) is 6.61. The van der Waals surface area contributed by atoms with E-state index in [1.807, 2.05) is 24.3 Å². The van der Waals surface area contributed by atoms with E-state index in [2.05, 4.69) is 0 Å². The van der Waals surface area contributed by atoms with Crippen LogP contribution >= 0.6 is 0 Å². The van der Waals surface area contributed by atoms with Crippen molar-refractivity contribution in [3.63, 3.8) is 0 Å². The van der Waals surface area contributed by atoms with Gasteiger partial charge in [-0.25, -0.2) is 0 Å². The van der Waals surface area contributed by atoms with E-state index in [1.54, 1.807) is 11.0 Å². The number of benzene rings is 2. The third-order valence-electron chi connectivity index (χ3n) is 4.80. The number of rotatable bonds is 3. The van der Waals surface area contributed by atoms with E-state index in [0.717, 1.165) is 11.6 Å². The van der Waals surface area contributed by atoms with Crippen molar-refractivity contribution in [2.45, 2.75) is 19.1 Å². The highest BCUT2D eigenvalue weighted by Gasteiger charge is 2.36. The molecule has 1 aromatic heterocycles. The minimum Gasteiger partial charge on any atom is -0.453 e. The van der Waals surface area contributed by atoms with E-state index in [0.29, 0.717) is 25.8 Å². The number of carbonyl (C=O) groups excluding carboxylic acids is 1. The molecule has 3 aromatic rings. The summed E-state index contributed by atoms with van der Waals surface area (Å²) in [7, 11) is 0. The Balaban J connectivity index is 1.74. The number of anilines is 1. The van der Waals surface area contributed by atoms with Gasteiger partial charge in [-0.15, -0.1) is 0 Å². The lowest BCUT2D eigenvalue weighted by atomic mass is 9.98. The molecule has 27 heavy (non-hydrogen) atoms. The van der Waals surface area contributed by atoms with Crippen LogP contribution < -0.4 is 4.90 Å². The Bertz CT molecular complexity index is 991. The second-order valence-corrected chi connectivity index (χ2v) is 6.49. The van der Waals surface area contributed by atoms with Gasteiger partial charge in [0.05, 0.1) is 5.56 Å². The van der Waals surface area contributed by atoms with Gasteiger partial charge in [-0.1, -0.05) is 24.3 Å². The molecule has 4 rings (SSSR count). The van der Waals surface area contributed by atoms with Gasteiger partial charge in [0.1, 0.15) is 5.76 Å². The molecule has 3 nitrogen and oxygen atoms in total. The van der Waals surface area contributed by atoms with Crippen LogP contribution in [0.4, 0.5) is 18.9 Å². The van der Waals surface area contributed by atoms with Gasteiger partial charge in [0.2, 0.25) is 0 Å². The van der Waals surface area contributed by atoms with Gasteiger partial charge >= 0.3 is 6.18 Å². The molecule has 0 saturated carbocycles. The number of carbonyl (C=O) groups is 1. The molecular weight excluding hydrogens is 355 g/mol. The maximum atomic E-state index is 13.8. The topological polar surface area (TPSA) is 33.5 Å². The van der Waals surface area contributed by atoms with Crippen LogP contribution in [0, 0.1) is 0 Å². The first-order chi connectivity index (χ1) is 13.0. The Morgan fingerprint density at radius 1 is 1.00 bits per heavy atom. The quantitative estimate of drug-likeness (QED) is 0.583. The molecule has 0 unspecified atom stereocenters. The summed E-state index contributed by atoms with van der Waals surface area (Å²) in [5.41, 5.74) is 1.96. The summed E-state index contributed by atoms with van der Waals surface area (Å²) in [5, 5.41) is 0. The first-order valence-corrected chi connectivity index (χ1v) is 8.54. The molecule has 2 heterocycles. The van der Waals surface area contributed by atoms with Crippen molar-refractivity contribution >= 4 is 12.0 Å². The van der Waals surface area contributed by atoms with E-state index in [-0.39, 0.29) is 22.8 Å². The molecule has 138 valence electrons. The molecule has 0 N–H and O–H groups in total. The Kier molecular flexibility index (Phi) is 4.26. The standard InChI is InChI=1S/C21H16F3NO2/c22-21(23,24)18-11-15(20-8-6-17(13-26)27-20)5-7-19(18)25-10-9-14-3-1-2-4-16(14)12-25/h1-8,11,13H,9-10,12H2. The average molecular weight is 371 g/mol. The van der Waals surface area contributed by atoms with Gasteiger partial charge in [0.25, 0.3) is 0 Å². The zero-order valence-electron chi connectivity index (χ0n) is 14.3. The van der Waals surface area contributed by atoms with Gasteiger partial charge < -0.3 is 9.32 Å². The predicted molar refractivity (Wildman–Crippen MR) is 95.7 cm³/mol. The molecule has 0 aliphatic carbocycles. The normalized spacial score (nSPS) is 14.1. The lowest BCUT2D eigenvalue weighted by Gasteiger charge is -2.32. The van der Waals surface area contributed by atoms with Crippen molar-refractivity contribution < 1.29 is 22.4 Å². The average Bonchev–Trinajstić information content (AvgIpc) is 3.16. The number of furan rings is 1. The third-order valence-corrected chi connectivity index (χ3v) is 4.80. The van der Waals surface area contributed by atoms with Gasteiger partial charge in [-0.3, -0.25) is 4.79 Å². The highest BCUT2D eigenvalue weighted by molar-refractivity contribution is 5.74. The van der Waals surface area contributed by atoms with Crippen LogP contribution in [-0.4, -0.2) is 12.8 Å². The van der Waals surface area contributed by atoms with Crippen LogP contribution in [0.15, 0.2) is 59.0 Å². The zero-order chi connectivity index (χ0) is 19.0. The van der Waals surface area contributed by atoms with Crippen molar-refractivity contribution in [3.8, 4) is 11.3 Å². The smallest absolute Gasteiger partial charge is 0.418 e. The number of aldehydes is 1. The lowest BCUT2D eigenvalue weighted by molar-refractivity contribution is -0.137. The van der Waals surface area contributed by atoms with Gasteiger partial charge in [-0.2, -0.15) is 13.2 Å². The van der Waals surface area contributed by atoms with Gasteiger partial charge in [-0.05, 0) is 47.9 Å².